The van der Waals surface area contributed by atoms with Crippen LogP contribution in [0.2, 0.25) is 5.28 Å². The van der Waals surface area contributed by atoms with Gasteiger partial charge in [-0.3, -0.25) is 4.57 Å². The molecule has 3 rings (SSSR count). The highest BCUT2D eigenvalue weighted by Gasteiger charge is 2.13. The van der Waals surface area contributed by atoms with Gasteiger partial charge in [0.1, 0.15) is 6.33 Å². The molecule has 0 atom stereocenters. The van der Waals surface area contributed by atoms with E-state index >= 15 is 0 Å². The van der Waals surface area contributed by atoms with Crippen LogP contribution in [-0.4, -0.2) is 31.0 Å². The van der Waals surface area contributed by atoms with Crippen LogP contribution < -0.4 is 4.90 Å². The summed E-state index contributed by atoms with van der Waals surface area (Å²) in [6.07, 6.45) is 5.07. The summed E-state index contributed by atoms with van der Waals surface area (Å²) < 4.78 is 1.70. The molecule has 0 unspecified atom stereocenters. The molecule has 0 aromatic carbocycles. The summed E-state index contributed by atoms with van der Waals surface area (Å²) in [5.41, 5.74) is 0. The third kappa shape index (κ3) is 3.20. The third-order valence-corrected chi connectivity index (χ3v) is 3.94. The Morgan fingerprint density at radius 1 is 1.33 bits per heavy atom. The normalized spacial score (nSPS) is 10.8. The molecule has 0 N–H and O–H groups in total. The SMILES string of the molecule is CCN(Cc1cccs1)c1nc(Cl)nc(-n2ccnc2)n1. The fourth-order valence-electron chi connectivity index (χ4n) is 1.88. The lowest BCUT2D eigenvalue weighted by Gasteiger charge is -2.20. The number of aromatic nitrogens is 5. The number of nitrogens with zero attached hydrogens (tertiary/aromatic N) is 6. The van der Waals surface area contributed by atoms with E-state index in [9.17, 15) is 0 Å². The number of rotatable bonds is 5. The zero-order valence-corrected chi connectivity index (χ0v) is 12.9. The molecule has 3 aromatic rings. The highest BCUT2D eigenvalue weighted by molar-refractivity contribution is 7.09. The zero-order chi connectivity index (χ0) is 14.7. The Kier molecular flexibility index (Phi) is 4.12. The fraction of sp³-hybridized carbons (Fsp3) is 0.231. The van der Waals surface area contributed by atoms with Crippen molar-refractivity contribution in [3.63, 3.8) is 0 Å². The molecule has 0 fully saturated rings. The van der Waals surface area contributed by atoms with E-state index in [1.165, 1.54) is 4.88 Å². The van der Waals surface area contributed by atoms with Crippen LogP contribution in [-0.2, 0) is 6.54 Å². The second-order valence-corrected chi connectivity index (χ2v) is 5.64. The molecular formula is C13H13ClN6S. The van der Waals surface area contributed by atoms with E-state index in [2.05, 4.69) is 43.2 Å². The lowest BCUT2D eigenvalue weighted by molar-refractivity contribution is 0.777. The molecule has 0 aliphatic heterocycles. The molecule has 0 saturated heterocycles. The molecule has 3 aromatic heterocycles. The first kappa shape index (κ1) is 14.0. The van der Waals surface area contributed by atoms with Gasteiger partial charge in [0, 0.05) is 23.8 Å². The van der Waals surface area contributed by atoms with Gasteiger partial charge in [-0.2, -0.15) is 15.0 Å². The van der Waals surface area contributed by atoms with Gasteiger partial charge in [0.15, 0.2) is 0 Å². The van der Waals surface area contributed by atoms with E-state index in [0.29, 0.717) is 11.9 Å². The number of hydrogen-bond acceptors (Lipinski definition) is 6. The van der Waals surface area contributed by atoms with Crippen LogP contribution in [0.15, 0.2) is 36.2 Å². The topological polar surface area (TPSA) is 59.7 Å². The summed E-state index contributed by atoms with van der Waals surface area (Å²) in [7, 11) is 0. The lowest BCUT2D eigenvalue weighted by atomic mass is 10.4. The van der Waals surface area contributed by atoms with Gasteiger partial charge < -0.3 is 4.90 Å². The van der Waals surface area contributed by atoms with Gasteiger partial charge >= 0.3 is 0 Å². The molecule has 3 heterocycles. The van der Waals surface area contributed by atoms with E-state index in [1.807, 2.05) is 6.07 Å². The average Bonchev–Trinajstić information content (AvgIpc) is 3.17. The van der Waals surface area contributed by atoms with Gasteiger partial charge in [-0.05, 0) is 30.0 Å². The monoisotopic (exact) mass is 320 g/mol. The van der Waals surface area contributed by atoms with Crippen molar-refractivity contribution >= 4 is 28.9 Å². The van der Waals surface area contributed by atoms with Crippen LogP contribution in [0.1, 0.15) is 11.8 Å². The summed E-state index contributed by atoms with van der Waals surface area (Å²) in [6.45, 7) is 3.58. The summed E-state index contributed by atoms with van der Waals surface area (Å²) in [4.78, 5) is 20.1. The van der Waals surface area contributed by atoms with Gasteiger partial charge in [0.2, 0.25) is 17.2 Å². The molecule has 8 heteroatoms. The maximum Gasteiger partial charge on any atom is 0.241 e. The molecule has 0 bridgehead atoms. The van der Waals surface area contributed by atoms with Crippen LogP contribution in [0.3, 0.4) is 0 Å². The molecular weight excluding hydrogens is 308 g/mol. The first-order valence-corrected chi connectivity index (χ1v) is 7.69. The van der Waals surface area contributed by atoms with Crippen molar-refractivity contribution in [1.82, 2.24) is 24.5 Å². The van der Waals surface area contributed by atoms with Gasteiger partial charge in [-0.25, -0.2) is 4.98 Å². The van der Waals surface area contributed by atoms with Crippen LogP contribution in [0.4, 0.5) is 5.95 Å². The second kappa shape index (κ2) is 6.19. The quantitative estimate of drug-likeness (QED) is 0.723. The molecule has 0 radical (unpaired) electrons. The van der Waals surface area contributed by atoms with Crippen molar-refractivity contribution in [1.29, 1.82) is 0 Å². The Morgan fingerprint density at radius 2 is 2.24 bits per heavy atom. The number of hydrogen-bond donors (Lipinski definition) is 0. The van der Waals surface area contributed by atoms with Gasteiger partial charge in [-0.15, -0.1) is 11.3 Å². The predicted molar refractivity (Wildman–Crippen MR) is 83.0 cm³/mol. The highest BCUT2D eigenvalue weighted by atomic mass is 35.5. The average molecular weight is 321 g/mol. The predicted octanol–water partition coefficient (Wildman–Crippen LogP) is 2.80. The van der Waals surface area contributed by atoms with E-state index in [0.717, 1.165) is 13.1 Å². The number of anilines is 1. The molecule has 0 saturated carbocycles. The lowest BCUT2D eigenvalue weighted by Crippen LogP contribution is -2.24. The molecule has 0 aliphatic carbocycles. The molecule has 0 aliphatic rings. The smallest absolute Gasteiger partial charge is 0.241 e. The molecule has 0 spiro atoms. The maximum atomic E-state index is 6.03. The van der Waals surface area contributed by atoms with E-state index in [1.54, 1.807) is 34.6 Å². The summed E-state index contributed by atoms with van der Waals surface area (Å²) in [5, 5.41) is 2.23. The van der Waals surface area contributed by atoms with E-state index in [4.69, 9.17) is 11.6 Å². The highest BCUT2D eigenvalue weighted by Crippen LogP contribution is 2.18. The fourth-order valence-corrected chi connectivity index (χ4v) is 2.75. The number of thiophene rings is 1. The van der Waals surface area contributed by atoms with Gasteiger partial charge in [-0.1, -0.05) is 6.07 Å². The van der Waals surface area contributed by atoms with Crippen LogP contribution in [0, 0.1) is 0 Å². The Labute approximate surface area is 131 Å². The van der Waals surface area contributed by atoms with Crippen molar-refractivity contribution in [2.45, 2.75) is 13.5 Å². The van der Waals surface area contributed by atoms with Crippen LogP contribution in [0.5, 0.6) is 0 Å². The first-order valence-electron chi connectivity index (χ1n) is 6.43. The van der Waals surface area contributed by atoms with E-state index in [-0.39, 0.29) is 5.28 Å². The molecule has 108 valence electrons. The zero-order valence-electron chi connectivity index (χ0n) is 11.3. The third-order valence-electron chi connectivity index (χ3n) is 2.91. The standard InChI is InChI=1S/C13H13ClN6S/c1-2-19(8-10-4-3-7-21-10)12-16-11(14)17-13(18-12)20-6-5-15-9-20/h3-7,9H,2,8H2,1H3. The minimum absolute atomic E-state index is 0.174. The van der Waals surface area contributed by atoms with E-state index < -0.39 is 0 Å². The maximum absolute atomic E-state index is 6.03. The van der Waals surface area contributed by atoms with Gasteiger partial charge in [0.05, 0.1) is 6.54 Å². The van der Waals surface area contributed by atoms with Crippen molar-refractivity contribution in [3.05, 3.63) is 46.4 Å². The van der Waals surface area contributed by atoms with Crippen molar-refractivity contribution in [2.75, 3.05) is 11.4 Å². The van der Waals surface area contributed by atoms with Crippen molar-refractivity contribution in [2.24, 2.45) is 0 Å². The summed E-state index contributed by atoms with van der Waals surface area (Å²) in [6, 6.07) is 4.12. The van der Waals surface area contributed by atoms with Gasteiger partial charge in [0.25, 0.3) is 0 Å². The summed E-state index contributed by atoms with van der Waals surface area (Å²) >= 11 is 7.74. The molecule has 0 amide bonds. The number of imidazole rings is 1. The molecule has 21 heavy (non-hydrogen) atoms. The van der Waals surface area contributed by atoms with Crippen molar-refractivity contribution < 1.29 is 0 Å². The minimum Gasteiger partial charge on any atom is -0.336 e. The largest absolute Gasteiger partial charge is 0.336 e. The van der Waals surface area contributed by atoms with Crippen LogP contribution >= 0.6 is 22.9 Å². The first-order chi connectivity index (χ1) is 10.3. The minimum atomic E-state index is 0.174. The Hall–Kier alpha value is -1.99. The van der Waals surface area contributed by atoms with Crippen molar-refractivity contribution in [3.8, 4) is 5.95 Å². The number of halogens is 1. The van der Waals surface area contributed by atoms with Crippen LogP contribution in [0.25, 0.3) is 5.95 Å². The summed E-state index contributed by atoms with van der Waals surface area (Å²) in [5.74, 6) is 1.03. The molecule has 6 nitrogen and oxygen atoms in total. The Morgan fingerprint density at radius 3 is 2.90 bits per heavy atom. The Bertz CT molecular complexity index is 698. The second-order valence-electron chi connectivity index (χ2n) is 4.27. The Balaban J connectivity index is 1.93.